The minimum Gasteiger partial charge on any atom is -0.481 e. The molecule has 2 saturated heterocycles. The maximum atomic E-state index is 12.1. The molecule has 2 rings (SSSR count). The maximum Gasteiger partial charge on any atom is 0.303 e. The molecular formula is C14H25N3O4. The summed E-state index contributed by atoms with van der Waals surface area (Å²) >= 11 is 0. The van der Waals surface area contributed by atoms with Crippen molar-refractivity contribution in [2.45, 2.75) is 37.8 Å². The monoisotopic (exact) mass is 299 g/mol. The summed E-state index contributed by atoms with van der Waals surface area (Å²) in [6.07, 6.45) is 2.74. The van der Waals surface area contributed by atoms with Crippen LogP contribution in [0.1, 0.15) is 25.7 Å². The molecular weight excluding hydrogens is 274 g/mol. The number of carbonyl (C=O) groups excluding carboxylic acids is 1. The molecule has 2 aliphatic heterocycles. The molecule has 0 spiro atoms. The Hall–Kier alpha value is -1.18. The van der Waals surface area contributed by atoms with E-state index in [-0.39, 0.29) is 18.7 Å². The van der Waals surface area contributed by atoms with Gasteiger partial charge in [0.05, 0.1) is 12.1 Å². The summed E-state index contributed by atoms with van der Waals surface area (Å²) in [5.74, 6) is -1.05. The summed E-state index contributed by atoms with van der Waals surface area (Å²) < 4.78 is 5.62. The number of piperazine rings is 1. The van der Waals surface area contributed by atoms with Gasteiger partial charge in [-0.3, -0.25) is 14.5 Å². The number of aliphatic carboxylic acids is 1. The molecule has 7 nitrogen and oxygen atoms in total. The van der Waals surface area contributed by atoms with Gasteiger partial charge in [-0.15, -0.1) is 0 Å². The van der Waals surface area contributed by atoms with Gasteiger partial charge in [0.15, 0.2) is 0 Å². The third-order valence-corrected chi connectivity index (χ3v) is 4.16. The Labute approximate surface area is 125 Å². The van der Waals surface area contributed by atoms with Crippen LogP contribution in [0.4, 0.5) is 0 Å². The number of rotatable bonds is 6. The van der Waals surface area contributed by atoms with E-state index in [0.717, 1.165) is 39.1 Å². The van der Waals surface area contributed by atoms with Crippen molar-refractivity contribution in [1.29, 1.82) is 0 Å². The fourth-order valence-electron chi connectivity index (χ4n) is 2.86. The highest BCUT2D eigenvalue weighted by Gasteiger charge is 2.27. The Balaban J connectivity index is 1.69. The van der Waals surface area contributed by atoms with Gasteiger partial charge in [-0.2, -0.15) is 0 Å². The number of nitrogens with zero attached hydrogens (tertiary/aromatic N) is 2. The molecule has 2 aliphatic rings. The van der Waals surface area contributed by atoms with Crippen molar-refractivity contribution in [2.75, 3.05) is 39.3 Å². The lowest BCUT2D eigenvalue weighted by Gasteiger charge is -2.36. The normalized spacial score (nSPS) is 25.0. The zero-order valence-corrected chi connectivity index (χ0v) is 12.4. The third-order valence-electron chi connectivity index (χ3n) is 4.16. The highest BCUT2D eigenvalue weighted by atomic mass is 16.5. The Morgan fingerprint density at radius 3 is 2.57 bits per heavy atom. The summed E-state index contributed by atoms with van der Waals surface area (Å²) in [4.78, 5) is 26.7. The van der Waals surface area contributed by atoms with Crippen LogP contribution in [-0.4, -0.2) is 78.3 Å². The molecule has 3 N–H and O–H groups in total. The molecule has 120 valence electrons. The van der Waals surface area contributed by atoms with Crippen LogP contribution in [0.2, 0.25) is 0 Å². The van der Waals surface area contributed by atoms with Crippen molar-refractivity contribution < 1.29 is 19.4 Å². The first-order valence-electron chi connectivity index (χ1n) is 7.66. The van der Waals surface area contributed by atoms with Crippen LogP contribution in [0.25, 0.3) is 0 Å². The van der Waals surface area contributed by atoms with Crippen LogP contribution in [0, 0.1) is 0 Å². The molecule has 0 aromatic rings. The van der Waals surface area contributed by atoms with E-state index in [1.165, 1.54) is 0 Å². The van der Waals surface area contributed by atoms with Crippen molar-refractivity contribution in [1.82, 2.24) is 9.80 Å². The van der Waals surface area contributed by atoms with E-state index in [0.29, 0.717) is 19.2 Å². The van der Waals surface area contributed by atoms with Crippen LogP contribution in [0.3, 0.4) is 0 Å². The third kappa shape index (κ3) is 4.94. The number of hydrogen-bond donors (Lipinski definition) is 2. The molecule has 21 heavy (non-hydrogen) atoms. The summed E-state index contributed by atoms with van der Waals surface area (Å²) in [6.45, 7) is 4.78. The number of carboxylic acids is 1. The molecule has 0 saturated carbocycles. The van der Waals surface area contributed by atoms with Gasteiger partial charge in [-0.1, -0.05) is 0 Å². The van der Waals surface area contributed by atoms with Crippen LogP contribution in [0.5, 0.6) is 0 Å². The highest BCUT2D eigenvalue weighted by molar-refractivity contribution is 5.82. The predicted octanol–water partition coefficient (Wildman–Crippen LogP) is -0.498. The summed E-state index contributed by atoms with van der Waals surface area (Å²) in [6, 6.07) is -0.703. The number of carbonyl (C=O) groups is 2. The van der Waals surface area contributed by atoms with Gasteiger partial charge in [-0.05, 0) is 19.3 Å². The summed E-state index contributed by atoms with van der Waals surface area (Å²) in [7, 11) is 0. The average molecular weight is 299 g/mol. The van der Waals surface area contributed by atoms with Gasteiger partial charge in [0.1, 0.15) is 0 Å². The molecule has 7 heteroatoms. The largest absolute Gasteiger partial charge is 0.481 e. The number of ether oxygens (including phenoxy) is 1. The lowest BCUT2D eigenvalue weighted by Crippen LogP contribution is -2.54. The van der Waals surface area contributed by atoms with Crippen LogP contribution < -0.4 is 5.73 Å². The fourth-order valence-corrected chi connectivity index (χ4v) is 2.86. The van der Waals surface area contributed by atoms with E-state index < -0.39 is 12.0 Å². The van der Waals surface area contributed by atoms with E-state index >= 15 is 0 Å². The first-order chi connectivity index (χ1) is 10.1. The molecule has 2 atom stereocenters. The van der Waals surface area contributed by atoms with Gasteiger partial charge >= 0.3 is 5.97 Å². The highest BCUT2D eigenvalue weighted by Crippen LogP contribution is 2.14. The van der Waals surface area contributed by atoms with E-state index in [1.54, 1.807) is 4.90 Å². The van der Waals surface area contributed by atoms with Crippen molar-refractivity contribution in [3.8, 4) is 0 Å². The van der Waals surface area contributed by atoms with E-state index in [4.69, 9.17) is 15.6 Å². The number of hydrogen-bond acceptors (Lipinski definition) is 5. The number of nitrogens with two attached hydrogens (primary N) is 1. The van der Waals surface area contributed by atoms with Gasteiger partial charge in [-0.25, -0.2) is 0 Å². The minimum absolute atomic E-state index is 0.0636. The maximum absolute atomic E-state index is 12.1. The van der Waals surface area contributed by atoms with Crippen molar-refractivity contribution in [2.24, 2.45) is 5.73 Å². The second-order valence-electron chi connectivity index (χ2n) is 5.80. The van der Waals surface area contributed by atoms with Gasteiger partial charge < -0.3 is 20.5 Å². The van der Waals surface area contributed by atoms with Crippen LogP contribution in [-0.2, 0) is 14.3 Å². The standard InChI is InChI=1S/C14H25N3O4/c15-12(3-4-13(18)19)14(20)17-7-5-16(6-8-17)10-11-2-1-9-21-11/h11-12H,1-10,15H2,(H,18,19). The second kappa shape index (κ2) is 7.72. The number of carboxylic acid groups (broad SMARTS) is 1. The van der Waals surface area contributed by atoms with Crippen molar-refractivity contribution >= 4 is 11.9 Å². The Morgan fingerprint density at radius 2 is 2.00 bits per heavy atom. The Morgan fingerprint density at radius 1 is 1.29 bits per heavy atom. The number of amides is 1. The molecule has 0 aromatic carbocycles. The molecule has 0 bridgehead atoms. The quantitative estimate of drug-likeness (QED) is 0.686. The molecule has 0 aromatic heterocycles. The minimum atomic E-state index is -0.917. The van der Waals surface area contributed by atoms with Gasteiger partial charge in [0.2, 0.25) is 5.91 Å². The summed E-state index contributed by atoms with van der Waals surface area (Å²) in [5, 5.41) is 8.63. The Bertz CT molecular complexity index is 363. The molecule has 1 amide bonds. The Kier molecular flexibility index (Phi) is 5.96. The summed E-state index contributed by atoms with van der Waals surface area (Å²) in [5.41, 5.74) is 5.77. The van der Waals surface area contributed by atoms with E-state index in [1.807, 2.05) is 0 Å². The van der Waals surface area contributed by atoms with Crippen molar-refractivity contribution in [3.05, 3.63) is 0 Å². The molecule has 0 radical (unpaired) electrons. The lowest BCUT2D eigenvalue weighted by atomic mass is 10.1. The lowest BCUT2D eigenvalue weighted by molar-refractivity contribution is -0.138. The first-order valence-corrected chi connectivity index (χ1v) is 7.66. The smallest absolute Gasteiger partial charge is 0.303 e. The SMILES string of the molecule is NC(CCC(=O)O)C(=O)N1CCN(CC2CCCO2)CC1. The second-order valence-corrected chi connectivity index (χ2v) is 5.80. The van der Waals surface area contributed by atoms with Crippen molar-refractivity contribution in [3.63, 3.8) is 0 Å². The zero-order valence-electron chi connectivity index (χ0n) is 12.4. The first kappa shape index (κ1) is 16.2. The van der Waals surface area contributed by atoms with Crippen LogP contribution >= 0.6 is 0 Å². The molecule has 0 aliphatic carbocycles. The average Bonchev–Trinajstić information content (AvgIpc) is 2.97. The molecule has 2 heterocycles. The van der Waals surface area contributed by atoms with E-state index in [2.05, 4.69) is 4.90 Å². The zero-order chi connectivity index (χ0) is 15.2. The van der Waals surface area contributed by atoms with E-state index in [9.17, 15) is 9.59 Å². The topological polar surface area (TPSA) is 96.1 Å². The fraction of sp³-hybridized carbons (Fsp3) is 0.857. The predicted molar refractivity (Wildman–Crippen MR) is 76.8 cm³/mol. The molecule has 2 unspecified atom stereocenters. The van der Waals surface area contributed by atoms with Gasteiger partial charge in [0, 0.05) is 45.8 Å². The van der Waals surface area contributed by atoms with Crippen LogP contribution in [0.15, 0.2) is 0 Å². The van der Waals surface area contributed by atoms with Gasteiger partial charge in [0.25, 0.3) is 0 Å². The molecule has 2 fully saturated rings.